The average molecular weight is 819 g/mol. The number of alkyl halides is 6. The average Bonchev–Trinajstić information content (AvgIpc) is 3.57. The molecule has 0 aliphatic carbocycles. The molecule has 1 fully saturated rings. The van der Waals surface area contributed by atoms with Crippen molar-refractivity contribution in [3.63, 3.8) is 0 Å². The molecule has 0 radical (unpaired) electrons. The Bertz CT molecular complexity index is 1960. The molecule has 2 amide bonds. The Morgan fingerprint density at radius 2 is 1.70 bits per heavy atom. The number of rotatable bonds is 16. The predicted octanol–water partition coefficient (Wildman–Crippen LogP) is 5.73. The van der Waals surface area contributed by atoms with Crippen molar-refractivity contribution >= 4 is 17.5 Å². The first-order chi connectivity index (χ1) is 26.9. The summed E-state index contributed by atoms with van der Waals surface area (Å²) in [5.74, 6) is -8.01. The van der Waals surface area contributed by atoms with E-state index in [0.29, 0.717) is 50.8 Å². The van der Waals surface area contributed by atoms with Gasteiger partial charge in [-0.05, 0) is 57.2 Å². The van der Waals surface area contributed by atoms with Gasteiger partial charge in [-0.15, -0.1) is 0 Å². The summed E-state index contributed by atoms with van der Waals surface area (Å²) in [7, 11) is 0. The second-order valence-electron chi connectivity index (χ2n) is 13.4. The molecule has 1 aromatic carbocycles. The summed E-state index contributed by atoms with van der Waals surface area (Å²) in [6, 6.07) is 3.62. The molecule has 4 N–H and O–H groups in total. The fraction of sp³-hybridized carbons (Fsp3) is 0.472. The molecule has 0 bridgehead atoms. The van der Waals surface area contributed by atoms with Crippen molar-refractivity contribution in [3.05, 3.63) is 76.7 Å². The third-order valence-corrected chi connectivity index (χ3v) is 9.34. The zero-order valence-electron chi connectivity index (χ0n) is 30.3. The van der Waals surface area contributed by atoms with Gasteiger partial charge in [0, 0.05) is 30.5 Å². The number of hydrogen-bond acceptors (Lipinski definition) is 11. The van der Waals surface area contributed by atoms with E-state index in [1.165, 1.54) is 24.1 Å². The van der Waals surface area contributed by atoms with Crippen LogP contribution in [0, 0.1) is 11.6 Å². The molecule has 0 saturated carbocycles. The van der Waals surface area contributed by atoms with E-state index in [1.54, 1.807) is 0 Å². The number of unbranched alkanes of at least 4 members (excludes halogenated alkanes) is 3. The summed E-state index contributed by atoms with van der Waals surface area (Å²) in [6.07, 6.45) is -6.67. The Kier molecular flexibility index (Phi) is 13.4. The van der Waals surface area contributed by atoms with Crippen LogP contribution in [0.3, 0.4) is 0 Å². The standard InChI is InChI=1S/C36H38F8N6O7/c1-34-11-6-12-50(34)49(17-21-7-9-24(28(38)27(21)37)57-14-5-3-2-4-13-56-19-22(52)18-51)32(55)26(30(34)53)31(54)47-23-16-46-33(36(42,43)44)48-29(23)20-8-10-25(45-15-20)35(39,40)41/h7-10,15-16,22,51-53H,2-6,11-14,17-19H2,1H3,(H,47,54)/t22-,34-/m1/s1. The third kappa shape index (κ3) is 9.77. The number of anilines is 1. The van der Waals surface area contributed by atoms with Gasteiger partial charge in [-0.2, -0.15) is 30.7 Å². The Balaban J connectivity index is 1.33. The number of aliphatic hydroxyl groups excluding tert-OH is 3. The molecule has 2 aliphatic heterocycles. The lowest BCUT2D eigenvalue weighted by molar-refractivity contribution is -0.160. The summed E-state index contributed by atoms with van der Waals surface area (Å²) >= 11 is 0. The molecule has 2 aliphatic rings. The molecular formula is C36H38F8N6O7. The minimum atomic E-state index is -5.11. The van der Waals surface area contributed by atoms with E-state index in [2.05, 4.69) is 20.3 Å². The lowest BCUT2D eigenvalue weighted by atomic mass is 9.90. The number of hydrazine groups is 1. The second-order valence-corrected chi connectivity index (χ2v) is 13.4. The van der Waals surface area contributed by atoms with Crippen molar-refractivity contribution in [1.29, 1.82) is 0 Å². The Hall–Kier alpha value is -4.99. The first-order valence-corrected chi connectivity index (χ1v) is 17.7. The van der Waals surface area contributed by atoms with Crippen molar-refractivity contribution in [3.8, 4) is 17.0 Å². The van der Waals surface area contributed by atoms with Crippen LogP contribution in [-0.2, 0) is 33.2 Å². The third-order valence-electron chi connectivity index (χ3n) is 9.34. The highest BCUT2D eigenvalue weighted by molar-refractivity contribution is 6.24. The minimum Gasteiger partial charge on any atom is -0.509 e. The molecule has 3 aromatic rings. The number of halogens is 8. The molecule has 0 unspecified atom stereocenters. The number of aromatic nitrogens is 3. The Morgan fingerprint density at radius 1 is 0.982 bits per heavy atom. The molecule has 4 heterocycles. The van der Waals surface area contributed by atoms with Gasteiger partial charge in [0.25, 0.3) is 11.8 Å². The summed E-state index contributed by atoms with van der Waals surface area (Å²) in [6.45, 7) is 1.06. The number of benzene rings is 1. The summed E-state index contributed by atoms with van der Waals surface area (Å²) < 4.78 is 121. The maximum Gasteiger partial charge on any atom is 0.451 e. The number of aliphatic hydroxyl groups is 3. The lowest BCUT2D eigenvalue weighted by Crippen LogP contribution is -2.60. The van der Waals surface area contributed by atoms with Crippen molar-refractivity contribution in [2.75, 3.05) is 38.3 Å². The molecule has 21 heteroatoms. The van der Waals surface area contributed by atoms with Gasteiger partial charge < -0.3 is 30.1 Å². The number of fused-ring (bicyclic) bond motifs is 1. The van der Waals surface area contributed by atoms with Crippen LogP contribution in [0.2, 0.25) is 0 Å². The van der Waals surface area contributed by atoms with Crippen LogP contribution in [0.1, 0.15) is 62.5 Å². The minimum absolute atomic E-state index is 0.0112. The van der Waals surface area contributed by atoms with Gasteiger partial charge in [-0.25, -0.2) is 19.4 Å². The fourth-order valence-corrected chi connectivity index (χ4v) is 6.34. The van der Waals surface area contributed by atoms with Crippen LogP contribution in [-0.4, -0.2) is 96.7 Å². The predicted molar refractivity (Wildman–Crippen MR) is 183 cm³/mol. The quantitative estimate of drug-likeness (QED) is 0.0792. The highest BCUT2D eigenvalue weighted by Gasteiger charge is 2.53. The van der Waals surface area contributed by atoms with Gasteiger partial charge in [0.15, 0.2) is 11.6 Å². The van der Waals surface area contributed by atoms with E-state index in [-0.39, 0.29) is 37.5 Å². The lowest BCUT2D eigenvalue weighted by Gasteiger charge is -2.46. The van der Waals surface area contributed by atoms with Crippen molar-refractivity contribution in [1.82, 2.24) is 25.0 Å². The maximum atomic E-state index is 15.5. The molecule has 5 rings (SSSR count). The second kappa shape index (κ2) is 17.7. The van der Waals surface area contributed by atoms with Crippen LogP contribution in [0.4, 0.5) is 40.8 Å². The van der Waals surface area contributed by atoms with Gasteiger partial charge in [0.1, 0.15) is 23.1 Å². The molecular weight excluding hydrogens is 780 g/mol. The van der Waals surface area contributed by atoms with Gasteiger partial charge >= 0.3 is 12.4 Å². The zero-order chi connectivity index (χ0) is 41.7. The largest absolute Gasteiger partial charge is 0.509 e. The summed E-state index contributed by atoms with van der Waals surface area (Å²) in [5.41, 5.74) is -5.66. The van der Waals surface area contributed by atoms with E-state index in [1.807, 2.05) is 0 Å². The molecule has 2 atom stereocenters. The number of amides is 2. The fourth-order valence-electron chi connectivity index (χ4n) is 6.34. The summed E-state index contributed by atoms with van der Waals surface area (Å²) in [4.78, 5) is 37.6. The highest BCUT2D eigenvalue weighted by Crippen LogP contribution is 2.42. The van der Waals surface area contributed by atoms with Crippen LogP contribution >= 0.6 is 0 Å². The number of carbonyl (C=O) groups excluding carboxylic acids is 2. The van der Waals surface area contributed by atoms with Crippen LogP contribution in [0.5, 0.6) is 5.75 Å². The van der Waals surface area contributed by atoms with E-state index < -0.39 is 100 Å². The van der Waals surface area contributed by atoms with Gasteiger partial charge in [-0.3, -0.25) is 19.6 Å². The van der Waals surface area contributed by atoms with E-state index in [9.17, 15) is 46.1 Å². The Morgan fingerprint density at radius 3 is 2.35 bits per heavy atom. The summed E-state index contributed by atoms with van der Waals surface area (Å²) in [5, 5.41) is 33.9. The smallest absolute Gasteiger partial charge is 0.451 e. The van der Waals surface area contributed by atoms with Gasteiger partial charge in [-0.1, -0.05) is 12.5 Å². The zero-order valence-corrected chi connectivity index (χ0v) is 30.3. The molecule has 57 heavy (non-hydrogen) atoms. The molecule has 13 nitrogen and oxygen atoms in total. The van der Waals surface area contributed by atoms with Crippen molar-refractivity contribution in [2.45, 2.75) is 76.0 Å². The van der Waals surface area contributed by atoms with Gasteiger partial charge in [0.2, 0.25) is 11.6 Å². The first kappa shape index (κ1) is 43.1. The molecule has 0 spiro atoms. The number of nitrogens with zero attached hydrogens (tertiary/aromatic N) is 5. The SMILES string of the molecule is C[C@]12CCCN1N(Cc1ccc(OCCCCCCOC[C@H](O)CO)c(F)c1F)C(=O)C(C(=O)Nc1cnc(C(F)(F)F)nc1-c1ccc(C(F)(F)F)nc1)=C2O. The number of hydrogen-bond donors (Lipinski definition) is 4. The Labute approximate surface area is 319 Å². The topological polar surface area (TPSA) is 170 Å². The monoisotopic (exact) mass is 818 g/mol. The van der Waals surface area contributed by atoms with E-state index in [0.717, 1.165) is 17.5 Å². The number of ether oxygens (including phenoxy) is 2. The van der Waals surface area contributed by atoms with E-state index in [4.69, 9.17) is 14.6 Å². The van der Waals surface area contributed by atoms with Crippen molar-refractivity contribution < 1.29 is 69.5 Å². The maximum absolute atomic E-state index is 15.5. The highest BCUT2D eigenvalue weighted by atomic mass is 19.4. The van der Waals surface area contributed by atoms with Crippen molar-refractivity contribution in [2.24, 2.45) is 0 Å². The number of carbonyl (C=O) groups is 2. The number of nitrogens with one attached hydrogen (secondary N) is 1. The van der Waals surface area contributed by atoms with Crippen LogP contribution < -0.4 is 10.1 Å². The molecule has 2 aromatic heterocycles. The first-order valence-electron chi connectivity index (χ1n) is 17.7. The van der Waals surface area contributed by atoms with Crippen LogP contribution in [0.15, 0.2) is 48.0 Å². The van der Waals surface area contributed by atoms with Gasteiger partial charge in [0.05, 0.1) is 49.5 Å². The number of pyridine rings is 1. The molecule has 1 saturated heterocycles. The van der Waals surface area contributed by atoms with Crippen LogP contribution in [0.25, 0.3) is 11.3 Å². The normalized spacial score (nSPS) is 18.2. The molecule has 310 valence electrons. The van der Waals surface area contributed by atoms with E-state index >= 15 is 8.78 Å².